The molecule has 1 aliphatic heterocycles. The van der Waals surface area contributed by atoms with Crippen molar-refractivity contribution in [2.24, 2.45) is 0 Å². The van der Waals surface area contributed by atoms with Crippen LogP contribution < -0.4 is 0 Å². The summed E-state index contributed by atoms with van der Waals surface area (Å²) in [5.41, 5.74) is 2.64. The van der Waals surface area contributed by atoms with Gasteiger partial charge in [-0.2, -0.15) is 0 Å². The lowest BCUT2D eigenvalue weighted by molar-refractivity contribution is -0.231. The Kier molecular flexibility index (Phi) is 6.85. The summed E-state index contributed by atoms with van der Waals surface area (Å²) in [6.45, 7) is 3.56. The van der Waals surface area contributed by atoms with E-state index >= 15 is 0 Å². The molecule has 7 nitrogen and oxygen atoms in total. The normalized spacial score (nSPS) is 26.1. The molecular formula is C25H30ClNO6. The molecule has 0 saturated carbocycles. The van der Waals surface area contributed by atoms with Crippen molar-refractivity contribution in [1.82, 2.24) is 4.57 Å². The fourth-order valence-corrected chi connectivity index (χ4v) is 4.79. The number of halogens is 1. The van der Waals surface area contributed by atoms with Crippen LogP contribution >= 0.6 is 11.6 Å². The van der Waals surface area contributed by atoms with Gasteiger partial charge >= 0.3 is 0 Å². The third-order valence-electron chi connectivity index (χ3n) is 6.09. The van der Waals surface area contributed by atoms with Crippen molar-refractivity contribution in [2.75, 3.05) is 6.61 Å². The van der Waals surface area contributed by atoms with Crippen molar-refractivity contribution in [1.29, 1.82) is 0 Å². The largest absolute Gasteiger partial charge is 0.394 e. The Labute approximate surface area is 197 Å². The Morgan fingerprint density at radius 2 is 1.64 bits per heavy atom. The van der Waals surface area contributed by atoms with Gasteiger partial charge in [0, 0.05) is 30.1 Å². The van der Waals surface area contributed by atoms with E-state index in [1.54, 1.807) is 26.0 Å². The zero-order valence-electron chi connectivity index (χ0n) is 18.6. The highest BCUT2D eigenvalue weighted by atomic mass is 35.5. The molecule has 0 bridgehead atoms. The standard InChI is InChI=1S/C25H30ClNO6/c1-25(2,32)10-14-6-8-15(9-7-14)11-27-12-17(16-4-3-5-18(26)20(16)27)24-23(31)22(30)21(29)19(13-28)33-24/h3-9,12,19,21-24,28-32H,10-11,13H2,1-2H3/t19-,21-,22+,23-,24+/m1/s1. The Balaban J connectivity index is 1.69. The quantitative estimate of drug-likeness (QED) is 0.373. The van der Waals surface area contributed by atoms with Gasteiger partial charge in [0.05, 0.1) is 22.7 Å². The van der Waals surface area contributed by atoms with Crippen molar-refractivity contribution in [3.63, 3.8) is 0 Å². The first-order valence-corrected chi connectivity index (χ1v) is 11.3. The lowest BCUT2D eigenvalue weighted by atomic mass is 9.91. The van der Waals surface area contributed by atoms with E-state index in [0.717, 1.165) is 22.0 Å². The maximum Gasteiger partial charge on any atom is 0.114 e. The minimum atomic E-state index is -1.46. The van der Waals surface area contributed by atoms with Gasteiger partial charge in [0.15, 0.2) is 0 Å². The summed E-state index contributed by atoms with van der Waals surface area (Å²) < 4.78 is 7.76. The lowest BCUT2D eigenvalue weighted by Crippen LogP contribution is -2.55. The lowest BCUT2D eigenvalue weighted by Gasteiger charge is -2.40. The van der Waals surface area contributed by atoms with Gasteiger partial charge in [0.1, 0.15) is 30.5 Å². The molecule has 33 heavy (non-hydrogen) atoms. The van der Waals surface area contributed by atoms with Crippen LogP contribution in [0.25, 0.3) is 10.9 Å². The highest BCUT2D eigenvalue weighted by Crippen LogP contribution is 2.39. The topological polar surface area (TPSA) is 115 Å². The molecule has 0 aliphatic carbocycles. The fourth-order valence-electron chi connectivity index (χ4n) is 4.51. The molecule has 5 atom stereocenters. The maximum atomic E-state index is 10.6. The second-order valence-electron chi connectivity index (χ2n) is 9.40. The summed E-state index contributed by atoms with van der Waals surface area (Å²) in [5, 5.41) is 51.9. The van der Waals surface area contributed by atoms with Crippen LogP contribution in [0.1, 0.15) is 36.6 Å². The Morgan fingerprint density at radius 3 is 2.27 bits per heavy atom. The summed E-state index contributed by atoms with van der Waals surface area (Å²) in [6, 6.07) is 13.4. The average Bonchev–Trinajstić information content (AvgIpc) is 3.12. The first-order valence-electron chi connectivity index (χ1n) is 11.0. The predicted molar refractivity (Wildman–Crippen MR) is 125 cm³/mol. The van der Waals surface area contributed by atoms with Crippen LogP contribution in [0.4, 0.5) is 0 Å². The Morgan fingerprint density at radius 1 is 0.970 bits per heavy atom. The number of hydrogen-bond acceptors (Lipinski definition) is 6. The molecule has 5 N–H and O–H groups in total. The second kappa shape index (κ2) is 9.35. The van der Waals surface area contributed by atoms with Gasteiger partial charge < -0.3 is 34.8 Å². The SMILES string of the molecule is CC(C)(O)Cc1ccc(Cn2cc([C@@H]3O[C@H](CO)[C@@H](O)[C@H](O)[C@H]3O)c3cccc(Cl)c32)cc1. The first-order chi connectivity index (χ1) is 15.6. The fraction of sp³-hybridized carbons (Fsp3) is 0.440. The van der Waals surface area contributed by atoms with Crippen molar-refractivity contribution in [3.05, 3.63) is 70.4 Å². The van der Waals surface area contributed by atoms with E-state index in [-0.39, 0.29) is 0 Å². The van der Waals surface area contributed by atoms with Crippen LogP contribution in [0, 0.1) is 0 Å². The molecule has 4 rings (SSSR count). The number of aromatic nitrogens is 1. The first kappa shape index (κ1) is 24.2. The van der Waals surface area contributed by atoms with Gasteiger partial charge in [-0.25, -0.2) is 0 Å². The molecule has 8 heteroatoms. The van der Waals surface area contributed by atoms with Crippen molar-refractivity contribution < 1.29 is 30.3 Å². The molecular weight excluding hydrogens is 446 g/mol. The van der Waals surface area contributed by atoms with Crippen LogP contribution in [-0.2, 0) is 17.7 Å². The highest BCUT2D eigenvalue weighted by molar-refractivity contribution is 6.35. The number of fused-ring (bicyclic) bond motifs is 1. The number of hydrogen-bond donors (Lipinski definition) is 5. The van der Waals surface area contributed by atoms with Gasteiger partial charge in [-0.15, -0.1) is 0 Å². The number of aliphatic hydroxyl groups is 5. The van der Waals surface area contributed by atoms with Gasteiger partial charge in [-0.05, 0) is 31.0 Å². The van der Waals surface area contributed by atoms with E-state index < -0.39 is 42.7 Å². The van der Waals surface area contributed by atoms with E-state index in [9.17, 15) is 25.5 Å². The molecule has 3 aromatic rings. The minimum Gasteiger partial charge on any atom is -0.394 e. The van der Waals surface area contributed by atoms with Crippen LogP contribution in [0.3, 0.4) is 0 Å². The Bertz CT molecular complexity index is 1100. The Hall–Kier alpha value is -1.97. The number of benzene rings is 2. The third-order valence-corrected chi connectivity index (χ3v) is 6.40. The van der Waals surface area contributed by atoms with E-state index in [1.165, 1.54) is 0 Å². The number of para-hydroxylation sites is 1. The van der Waals surface area contributed by atoms with Gasteiger partial charge in [-0.3, -0.25) is 0 Å². The van der Waals surface area contributed by atoms with Crippen LogP contribution in [0.2, 0.25) is 5.02 Å². The van der Waals surface area contributed by atoms with Gasteiger partial charge in [-0.1, -0.05) is 48.0 Å². The van der Waals surface area contributed by atoms with Crippen LogP contribution in [0.15, 0.2) is 48.7 Å². The number of aliphatic hydroxyl groups excluding tert-OH is 4. The molecule has 1 saturated heterocycles. The van der Waals surface area contributed by atoms with Crippen molar-refractivity contribution in [3.8, 4) is 0 Å². The molecule has 0 unspecified atom stereocenters. The highest BCUT2D eigenvalue weighted by Gasteiger charge is 2.44. The van der Waals surface area contributed by atoms with Gasteiger partial charge in [0.25, 0.3) is 0 Å². The minimum absolute atomic E-state index is 0.488. The van der Waals surface area contributed by atoms with Gasteiger partial charge in [0.2, 0.25) is 0 Å². The van der Waals surface area contributed by atoms with Crippen LogP contribution in [-0.4, -0.2) is 66.7 Å². The smallest absolute Gasteiger partial charge is 0.114 e. The molecule has 1 aromatic heterocycles. The zero-order chi connectivity index (χ0) is 23.9. The van der Waals surface area contributed by atoms with E-state index in [2.05, 4.69) is 0 Å². The molecule has 1 aliphatic rings. The molecule has 0 spiro atoms. The molecule has 0 radical (unpaired) electrons. The predicted octanol–water partition coefficient (Wildman–Crippen LogP) is 2.17. The molecule has 1 fully saturated rings. The molecule has 178 valence electrons. The summed E-state index contributed by atoms with van der Waals surface area (Å²) >= 11 is 6.54. The average molecular weight is 476 g/mol. The van der Waals surface area contributed by atoms with E-state index in [0.29, 0.717) is 23.6 Å². The summed E-state index contributed by atoms with van der Waals surface area (Å²) in [6.07, 6.45) is -3.81. The number of rotatable bonds is 6. The summed E-state index contributed by atoms with van der Waals surface area (Å²) in [7, 11) is 0. The van der Waals surface area contributed by atoms with E-state index in [4.69, 9.17) is 16.3 Å². The number of ether oxygens (including phenoxy) is 1. The van der Waals surface area contributed by atoms with Crippen LogP contribution in [0.5, 0.6) is 0 Å². The molecule has 2 aromatic carbocycles. The maximum absolute atomic E-state index is 10.6. The third kappa shape index (κ3) is 4.95. The summed E-state index contributed by atoms with van der Waals surface area (Å²) in [5.74, 6) is 0. The van der Waals surface area contributed by atoms with Crippen molar-refractivity contribution >= 4 is 22.5 Å². The van der Waals surface area contributed by atoms with Crippen molar-refractivity contribution in [2.45, 2.75) is 62.9 Å². The molecule has 0 amide bonds. The summed E-state index contributed by atoms with van der Waals surface area (Å²) in [4.78, 5) is 0. The van der Waals surface area contributed by atoms with E-state index in [1.807, 2.05) is 41.1 Å². The number of nitrogens with zero attached hydrogens (tertiary/aromatic N) is 1. The zero-order valence-corrected chi connectivity index (χ0v) is 19.4. The monoisotopic (exact) mass is 475 g/mol. The molecule has 2 heterocycles. The second-order valence-corrected chi connectivity index (χ2v) is 9.81.